The molecule has 0 heterocycles. The number of halogens is 2. The summed E-state index contributed by atoms with van der Waals surface area (Å²) in [6.45, 7) is 10.1. The topological polar surface area (TPSA) is 38.0 Å². The largest absolute Gasteiger partial charge is 0.399 e. The molecule has 0 aromatic heterocycles. The van der Waals surface area contributed by atoms with Crippen LogP contribution >= 0.6 is 0 Å². The minimum atomic E-state index is -0.658. The summed E-state index contributed by atoms with van der Waals surface area (Å²) in [7, 11) is 0. The van der Waals surface area contributed by atoms with Crippen molar-refractivity contribution in [2.45, 2.75) is 46.6 Å². The first kappa shape index (κ1) is 14.7. The van der Waals surface area contributed by atoms with Crippen LogP contribution in [0.1, 0.15) is 41.0 Å². The third-order valence-corrected chi connectivity index (χ3v) is 2.50. The van der Waals surface area contributed by atoms with Gasteiger partial charge in [0.05, 0.1) is 0 Å². The Kier molecular flexibility index (Phi) is 3.89. The van der Waals surface area contributed by atoms with Gasteiger partial charge in [0.25, 0.3) is 0 Å². The molecule has 1 rings (SSSR count). The number of hydrogen-bond acceptors (Lipinski definition) is 2. The molecule has 102 valence electrons. The van der Waals surface area contributed by atoms with Gasteiger partial charge in [0.2, 0.25) is 0 Å². The second kappa shape index (κ2) is 4.75. The molecule has 18 heavy (non-hydrogen) atoms. The number of rotatable bonds is 3. The first-order valence-corrected chi connectivity index (χ1v) is 6.03. The number of nitrogen functional groups attached to an aromatic ring is 1. The Morgan fingerprint density at radius 2 is 1.50 bits per heavy atom. The van der Waals surface area contributed by atoms with Crippen LogP contribution in [0.5, 0.6) is 0 Å². The van der Waals surface area contributed by atoms with E-state index in [-0.39, 0.29) is 16.8 Å². The van der Waals surface area contributed by atoms with Crippen LogP contribution in [0, 0.1) is 17.0 Å². The van der Waals surface area contributed by atoms with E-state index in [4.69, 9.17) is 5.73 Å². The average Bonchev–Trinajstić information content (AvgIpc) is 2.07. The molecule has 1 aromatic rings. The molecule has 0 unspecified atom stereocenters. The maximum Gasteiger partial charge on any atom is 0.151 e. The van der Waals surface area contributed by atoms with Crippen LogP contribution in [-0.2, 0) is 0 Å². The van der Waals surface area contributed by atoms with E-state index in [1.807, 2.05) is 13.8 Å². The van der Waals surface area contributed by atoms with Crippen molar-refractivity contribution in [3.63, 3.8) is 0 Å². The molecule has 0 saturated carbocycles. The van der Waals surface area contributed by atoms with Crippen molar-refractivity contribution in [2.24, 2.45) is 5.41 Å². The molecule has 0 saturated heterocycles. The summed E-state index contributed by atoms with van der Waals surface area (Å²) in [5.41, 5.74) is 5.02. The third kappa shape index (κ3) is 4.17. The highest BCUT2D eigenvalue weighted by atomic mass is 19.1. The zero-order valence-corrected chi connectivity index (χ0v) is 11.7. The summed E-state index contributed by atoms with van der Waals surface area (Å²) in [6.07, 6.45) is 0.781. The van der Waals surface area contributed by atoms with Crippen molar-refractivity contribution in [2.75, 3.05) is 11.1 Å². The Labute approximate surface area is 108 Å². The van der Waals surface area contributed by atoms with Crippen molar-refractivity contribution in [3.8, 4) is 0 Å². The van der Waals surface area contributed by atoms with Crippen molar-refractivity contribution in [1.82, 2.24) is 0 Å². The van der Waals surface area contributed by atoms with Gasteiger partial charge in [-0.15, -0.1) is 0 Å². The van der Waals surface area contributed by atoms with E-state index in [0.717, 1.165) is 18.6 Å². The second-order valence-corrected chi connectivity index (χ2v) is 6.61. The lowest BCUT2D eigenvalue weighted by atomic mass is 9.81. The molecule has 0 aliphatic heterocycles. The highest BCUT2D eigenvalue weighted by Crippen LogP contribution is 2.32. The Morgan fingerprint density at radius 3 is 1.89 bits per heavy atom. The SMILES string of the molecule is CC(C)(C)CC(C)(C)Nc1c(F)cc(N)cc1F. The van der Waals surface area contributed by atoms with Crippen LogP contribution in [-0.4, -0.2) is 5.54 Å². The molecule has 3 N–H and O–H groups in total. The van der Waals surface area contributed by atoms with Crippen LogP contribution in [0.15, 0.2) is 12.1 Å². The van der Waals surface area contributed by atoms with Crippen LogP contribution < -0.4 is 11.1 Å². The van der Waals surface area contributed by atoms with Crippen molar-refractivity contribution in [1.29, 1.82) is 0 Å². The lowest BCUT2D eigenvalue weighted by Crippen LogP contribution is -2.36. The number of anilines is 2. The first-order chi connectivity index (χ1) is 8.00. The average molecular weight is 256 g/mol. The van der Waals surface area contributed by atoms with E-state index >= 15 is 0 Å². The lowest BCUT2D eigenvalue weighted by Gasteiger charge is -2.34. The molecular weight excluding hydrogens is 234 g/mol. The van der Waals surface area contributed by atoms with Gasteiger partial charge in [-0.1, -0.05) is 20.8 Å². The summed E-state index contributed by atoms with van der Waals surface area (Å²) in [5.74, 6) is -1.32. The molecule has 0 fully saturated rings. The first-order valence-electron chi connectivity index (χ1n) is 6.03. The molecule has 4 heteroatoms. The summed E-state index contributed by atoms with van der Waals surface area (Å²) < 4.78 is 27.4. The van der Waals surface area contributed by atoms with Gasteiger partial charge in [-0.05, 0) is 37.8 Å². The van der Waals surface area contributed by atoms with Gasteiger partial charge in [0.15, 0.2) is 11.6 Å². The predicted molar refractivity (Wildman–Crippen MR) is 72.5 cm³/mol. The minimum absolute atomic E-state index is 0.0667. The highest BCUT2D eigenvalue weighted by molar-refractivity contribution is 5.55. The molecule has 1 aromatic carbocycles. The van der Waals surface area contributed by atoms with Crippen molar-refractivity contribution in [3.05, 3.63) is 23.8 Å². The molecular formula is C14H22F2N2. The quantitative estimate of drug-likeness (QED) is 0.796. The van der Waals surface area contributed by atoms with Crippen LogP contribution in [0.4, 0.5) is 20.2 Å². The molecule has 0 aliphatic carbocycles. The Hall–Kier alpha value is -1.32. The van der Waals surface area contributed by atoms with Crippen LogP contribution in [0.2, 0.25) is 0 Å². The van der Waals surface area contributed by atoms with E-state index in [0.29, 0.717) is 0 Å². The molecule has 0 bridgehead atoms. The number of hydrogen-bond donors (Lipinski definition) is 2. The molecule has 0 spiro atoms. The summed E-state index contributed by atoms with van der Waals surface area (Å²) >= 11 is 0. The fraction of sp³-hybridized carbons (Fsp3) is 0.571. The molecule has 0 amide bonds. The Bertz CT molecular complexity index is 411. The third-order valence-electron chi connectivity index (χ3n) is 2.50. The Morgan fingerprint density at radius 1 is 1.06 bits per heavy atom. The Balaban J connectivity index is 2.97. The van der Waals surface area contributed by atoms with E-state index in [2.05, 4.69) is 26.1 Å². The molecule has 0 aliphatic rings. The second-order valence-electron chi connectivity index (χ2n) is 6.61. The molecule has 0 atom stereocenters. The van der Waals surface area contributed by atoms with Crippen molar-refractivity contribution >= 4 is 11.4 Å². The van der Waals surface area contributed by atoms with Gasteiger partial charge in [0.1, 0.15) is 5.69 Å². The maximum atomic E-state index is 13.7. The number of nitrogens with two attached hydrogens (primary N) is 1. The zero-order chi connectivity index (χ0) is 14.1. The van der Waals surface area contributed by atoms with E-state index in [9.17, 15) is 8.78 Å². The van der Waals surface area contributed by atoms with Crippen molar-refractivity contribution < 1.29 is 8.78 Å². The predicted octanol–water partition coefficient (Wildman–Crippen LogP) is 4.17. The van der Waals surface area contributed by atoms with Gasteiger partial charge in [-0.3, -0.25) is 0 Å². The summed E-state index contributed by atoms with van der Waals surface area (Å²) in [4.78, 5) is 0. The minimum Gasteiger partial charge on any atom is -0.399 e. The van der Waals surface area contributed by atoms with Gasteiger partial charge >= 0.3 is 0 Å². The molecule has 2 nitrogen and oxygen atoms in total. The number of nitrogens with one attached hydrogen (secondary N) is 1. The van der Waals surface area contributed by atoms with E-state index in [1.54, 1.807) is 0 Å². The summed E-state index contributed by atoms with van der Waals surface area (Å²) in [5, 5.41) is 2.93. The highest BCUT2D eigenvalue weighted by Gasteiger charge is 2.27. The smallest absolute Gasteiger partial charge is 0.151 e. The fourth-order valence-corrected chi connectivity index (χ4v) is 2.42. The van der Waals surface area contributed by atoms with Gasteiger partial charge in [0, 0.05) is 11.2 Å². The van der Waals surface area contributed by atoms with E-state index < -0.39 is 17.2 Å². The lowest BCUT2D eigenvalue weighted by molar-refractivity contribution is 0.301. The van der Waals surface area contributed by atoms with Gasteiger partial charge < -0.3 is 11.1 Å². The zero-order valence-electron chi connectivity index (χ0n) is 11.7. The molecule has 0 radical (unpaired) electrons. The van der Waals surface area contributed by atoms with Gasteiger partial charge in [-0.25, -0.2) is 8.78 Å². The summed E-state index contributed by atoms with van der Waals surface area (Å²) in [6, 6.07) is 2.25. The van der Waals surface area contributed by atoms with Crippen LogP contribution in [0.3, 0.4) is 0 Å². The fourth-order valence-electron chi connectivity index (χ4n) is 2.42. The normalized spacial score (nSPS) is 12.6. The van der Waals surface area contributed by atoms with Gasteiger partial charge in [-0.2, -0.15) is 0 Å². The monoisotopic (exact) mass is 256 g/mol. The van der Waals surface area contributed by atoms with Crippen LogP contribution in [0.25, 0.3) is 0 Å². The number of benzene rings is 1. The standard InChI is InChI=1S/C14H22F2N2/c1-13(2,3)8-14(4,5)18-12-10(15)6-9(17)7-11(12)16/h6-7,18H,8,17H2,1-5H3. The maximum absolute atomic E-state index is 13.7. The van der Waals surface area contributed by atoms with E-state index in [1.165, 1.54) is 0 Å².